The molecule has 0 bridgehead atoms. The number of aromatic nitrogens is 7. The molecule has 39 heavy (non-hydrogen) atoms. The van der Waals surface area contributed by atoms with Crippen molar-refractivity contribution in [3.05, 3.63) is 98.4 Å². The molecule has 0 aliphatic rings. The molecule has 0 radical (unpaired) electrons. The molecule has 0 aliphatic carbocycles. The summed E-state index contributed by atoms with van der Waals surface area (Å²) < 4.78 is 1.30. The van der Waals surface area contributed by atoms with Gasteiger partial charge in [-0.3, -0.25) is 9.59 Å². The van der Waals surface area contributed by atoms with Crippen LogP contribution in [0.2, 0.25) is 15.1 Å². The van der Waals surface area contributed by atoms with Crippen molar-refractivity contribution < 1.29 is 9.59 Å². The lowest BCUT2D eigenvalue weighted by atomic mass is 10.1. The van der Waals surface area contributed by atoms with Gasteiger partial charge in [-0.25, -0.2) is 9.67 Å². The van der Waals surface area contributed by atoms with E-state index in [0.29, 0.717) is 27.1 Å². The third-order valence-corrected chi connectivity index (χ3v) is 6.36. The van der Waals surface area contributed by atoms with Gasteiger partial charge in [0.1, 0.15) is 12.2 Å². The number of rotatable bonds is 7. The average molecular weight is 583 g/mol. The third-order valence-electron chi connectivity index (χ3n) is 5.60. The number of nitrogens with zero attached hydrogens (tertiary/aromatic N) is 7. The maximum absolute atomic E-state index is 13.5. The predicted molar refractivity (Wildman–Crippen MR) is 146 cm³/mol. The third kappa shape index (κ3) is 5.60. The molecular formula is C25H18Cl3N9O2. The molecule has 5 rings (SSSR count). The fourth-order valence-corrected chi connectivity index (χ4v) is 4.41. The van der Waals surface area contributed by atoms with E-state index in [4.69, 9.17) is 40.5 Å². The number of benzene rings is 2. The second-order valence-electron chi connectivity index (χ2n) is 8.36. The fourth-order valence-electron chi connectivity index (χ4n) is 3.81. The molecule has 14 heteroatoms. The summed E-state index contributed by atoms with van der Waals surface area (Å²) >= 11 is 18.4. The van der Waals surface area contributed by atoms with E-state index in [1.165, 1.54) is 21.7 Å². The molecule has 196 valence electrons. The first-order chi connectivity index (χ1) is 18.7. The number of anilines is 1. The second-order valence-corrected chi connectivity index (χ2v) is 9.64. The van der Waals surface area contributed by atoms with Crippen LogP contribution < -0.4 is 11.1 Å². The largest absolute Gasteiger partial charge is 0.366 e. The van der Waals surface area contributed by atoms with Crippen molar-refractivity contribution >= 4 is 52.3 Å². The van der Waals surface area contributed by atoms with Crippen LogP contribution >= 0.6 is 34.8 Å². The molecule has 0 saturated heterocycles. The van der Waals surface area contributed by atoms with E-state index in [1.807, 2.05) is 0 Å². The van der Waals surface area contributed by atoms with Gasteiger partial charge in [0.15, 0.2) is 5.82 Å². The SMILES string of the molecule is Cc1cc(Cl)cc(C(N)=O)c1NC(=O)c1cc(Cn2nnc(-c3ccc(Cl)cc3)n2)nn1-c1ncccc1Cl. The fraction of sp³-hybridized carbons (Fsp3) is 0.0800. The zero-order chi connectivity index (χ0) is 27.7. The Labute approximate surface area is 236 Å². The summed E-state index contributed by atoms with van der Waals surface area (Å²) in [6, 6.07) is 14.8. The molecule has 5 aromatic rings. The van der Waals surface area contributed by atoms with Crippen molar-refractivity contribution in [3.63, 3.8) is 0 Å². The monoisotopic (exact) mass is 581 g/mol. The number of tetrazole rings is 1. The number of hydrogen-bond donors (Lipinski definition) is 2. The highest BCUT2D eigenvalue weighted by atomic mass is 35.5. The Morgan fingerprint density at radius 2 is 1.77 bits per heavy atom. The van der Waals surface area contributed by atoms with Gasteiger partial charge in [0.25, 0.3) is 11.8 Å². The zero-order valence-electron chi connectivity index (χ0n) is 20.1. The van der Waals surface area contributed by atoms with E-state index in [9.17, 15) is 9.59 Å². The minimum atomic E-state index is -0.744. The first kappa shape index (κ1) is 26.3. The molecule has 0 aliphatic heterocycles. The standard InChI is InChI=1S/C25H18Cl3N9O2/c1-13-9-16(27)10-18(22(29)38)21(13)31-25(39)20-11-17(33-37(20)24-19(28)3-2-8-30-24)12-36-34-23(32-35-36)14-4-6-15(26)7-5-14/h2-11H,12H2,1H3,(H2,29,38)(H,31,39). The van der Waals surface area contributed by atoms with Crippen LogP contribution in [0.5, 0.6) is 0 Å². The molecule has 0 saturated carbocycles. The highest BCUT2D eigenvalue weighted by molar-refractivity contribution is 6.32. The number of aryl methyl sites for hydroxylation is 1. The smallest absolute Gasteiger partial charge is 0.274 e. The zero-order valence-corrected chi connectivity index (χ0v) is 22.4. The van der Waals surface area contributed by atoms with Gasteiger partial charge in [0, 0.05) is 21.8 Å². The number of primary amides is 1. The average Bonchev–Trinajstić information content (AvgIpc) is 3.53. The van der Waals surface area contributed by atoms with Crippen molar-refractivity contribution in [1.82, 2.24) is 35.0 Å². The summed E-state index contributed by atoms with van der Waals surface area (Å²) in [5.41, 5.74) is 7.62. The number of carbonyl (C=O) groups is 2. The lowest BCUT2D eigenvalue weighted by molar-refractivity contribution is 0.100. The predicted octanol–water partition coefficient (Wildman–Crippen LogP) is 4.59. The van der Waals surface area contributed by atoms with E-state index >= 15 is 0 Å². The molecular weight excluding hydrogens is 565 g/mol. The quantitative estimate of drug-likeness (QED) is 0.285. The normalized spacial score (nSPS) is 11.0. The summed E-state index contributed by atoms with van der Waals surface area (Å²) in [4.78, 5) is 31.2. The highest BCUT2D eigenvalue weighted by Gasteiger charge is 2.23. The Hall–Kier alpha value is -4.32. The van der Waals surface area contributed by atoms with E-state index in [-0.39, 0.29) is 34.3 Å². The van der Waals surface area contributed by atoms with E-state index < -0.39 is 11.8 Å². The van der Waals surface area contributed by atoms with Gasteiger partial charge in [0.05, 0.1) is 22.0 Å². The highest BCUT2D eigenvalue weighted by Crippen LogP contribution is 2.27. The van der Waals surface area contributed by atoms with Crippen molar-refractivity contribution in [3.8, 4) is 17.2 Å². The van der Waals surface area contributed by atoms with Crippen molar-refractivity contribution in [2.45, 2.75) is 13.5 Å². The Morgan fingerprint density at radius 3 is 2.49 bits per heavy atom. The molecule has 0 atom stereocenters. The maximum Gasteiger partial charge on any atom is 0.274 e. The molecule has 3 N–H and O–H groups in total. The molecule has 3 aromatic heterocycles. The summed E-state index contributed by atoms with van der Waals surface area (Å²) in [7, 11) is 0. The van der Waals surface area contributed by atoms with E-state index in [2.05, 4.69) is 30.8 Å². The number of nitrogens with two attached hydrogens (primary N) is 1. The van der Waals surface area contributed by atoms with Crippen LogP contribution in [-0.2, 0) is 6.54 Å². The van der Waals surface area contributed by atoms with Gasteiger partial charge in [-0.15, -0.1) is 10.2 Å². The summed E-state index contributed by atoms with van der Waals surface area (Å²) in [6.07, 6.45) is 1.52. The van der Waals surface area contributed by atoms with Gasteiger partial charge in [-0.05, 0) is 72.3 Å². The summed E-state index contributed by atoms with van der Waals surface area (Å²) in [6.45, 7) is 1.78. The maximum atomic E-state index is 13.5. The van der Waals surface area contributed by atoms with E-state index in [0.717, 1.165) is 5.56 Å². The van der Waals surface area contributed by atoms with Crippen LogP contribution in [0.4, 0.5) is 5.69 Å². The first-order valence-corrected chi connectivity index (χ1v) is 12.5. The van der Waals surface area contributed by atoms with Crippen LogP contribution in [0.3, 0.4) is 0 Å². The van der Waals surface area contributed by atoms with Crippen LogP contribution in [0, 0.1) is 6.92 Å². The number of halogens is 3. The lowest BCUT2D eigenvalue weighted by Gasteiger charge is -2.13. The van der Waals surface area contributed by atoms with Crippen LogP contribution in [0.25, 0.3) is 17.2 Å². The number of nitrogens with one attached hydrogen (secondary N) is 1. The van der Waals surface area contributed by atoms with Gasteiger partial charge in [-0.2, -0.15) is 9.90 Å². The second kappa shape index (κ2) is 10.8. The minimum Gasteiger partial charge on any atom is -0.366 e. The van der Waals surface area contributed by atoms with Crippen LogP contribution in [-0.4, -0.2) is 46.8 Å². The van der Waals surface area contributed by atoms with Crippen molar-refractivity contribution in [2.75, 3.05) is 5.32 Å². The Bertz CT molecular complexity index is 1710. The number of hydrogen-bond acceptors (Lipinski definition) is 7. The molecule has 0 spiro atoms. The van der Waals surface area contributed by atoms with Crippen LogP contribution in [0.15, 0.2) is 60.8 Å². The lowest BCUT2D eigenvalue weighted by Crippen LogP contribution is -2.21. The Kier molecular flexibility index (Phi) is 7.29. The van der Waals surface area contributed by atoms with Gasteiger partial charge < -0.3 is 11.1 Å². The van der Waals surface area contributed by atoms with Crippen LogP contribution in [0.1, 0.15) is 32.1 Å². The molecule has 0 unspecified atom stereocenters. The Balaban J connectivity index is 1.50. The molecule has 2 amide bonds. The first-order valence-electron chi connectivity index (χ1n) is 11.3. The van der Waals surface area contributed by atoms with E-state index in [1.54, 1.807) is 55.5 Å². The van der Waals surface area contributed by atoms with Gasteiger partial charge in [-0.1, -0.05) is 34.8 Å². The molecule has 2 aromatic carbocycles. The van der Waals surface area contributed by atoms with Crippen molar-refractivity contribution in [1.29, 1.82) is 0 Å². The Morgan fingerprint density at radius 1 is 1.00 bits per heavy atom. The molecule has 3 heterocycles. The topological polar surface area (TPSA) is 146 Å². The van der Waals surface area contributed by atoms with Gasteiger partial charge in [0.2, 0.25) is 5.82 Å². The number of amides is 2. The number of carbonyl (C=O) groups excluding carboxylic acids is 2. The summed E-state index contributed by atoms with van der Waals surface area (Å²) in [5, 5.41) is 21.0. The molecule has 11 nitrogen and oxygen atoms in total. The summed E-state index contributed by atoms with van der Waals surface area (Å²) in [5.74, 6) is -0.704. The molecule has 0 fully saturated rings. The van der Waals surface area contributed by atoms with Gasteiger partial charge >= 0.3 is 0 Å². The van der Waals surface area contributed by atoms with Crippen molar-refractivity contribution in [2.24, 2.45) is 5.73 Å². The number of pyridine rings is 1. The minimum absolute atomic E-state index is 0.0667.